The minimum Gasteiger partial charge on any atom is -0.495 e. The molecule has 0 aromatic heterocycles. The zero-order valence-corrected chi connectivity index (χ0v) is 11.7. The molecule has 4 heteroatoms. The maximum atomic E-state index is 6.11. The average molecular weight is 257 g/mol. The Morgan fingerprint density at radius 1 is 1.41 bits per heavy atom. The molecule has 96 valence electrons. The fraction of sp³-hybridized carbons (Fsp3) is 0.538. The summed E-state index contributed by atoms with van der Waals surface area (Å²) in [6, 6.07) is 3.82. The molecule has 0 radical (unpaired) electrons. The Labute approximate surface area is 108 Å². The lowest BCUT2D eigenvalue weighted by Crippen LogP contribution is -2.31. The van der Waals surface area contributed by atoms with E-state index in [1.54, 1.807) is 7.11 Å². The van der Waals surface area contributed by atoms with Gasteiger partial charge in [0.15, 0.2) is 0 Å². The number of hydrogen-bond donors (Lipinski definition) is 2. The normalized spacial score (nSPS) is 11.4. The van der Waals surface area contributed by atoms with Gasteiger partial charge in [-0.05, 0) is 36.6 Å². The maximum Gasteiger partial charge on any atom is 0.142 e. The van der Waals surface area contributed by atoms with Crippen molar-refractivity contribution in [3.05, 3.63) is 22.7 Å². The van der Waals surface area contributed by atoms with Crippen molar-refractivity contribution in [1.29, 1.82) is 0 Å². The van der Waals surface area contributed by atoms with Gasteiger partial charge in [-0.3, -0.25) is 0 Å². The summed E-state index contributed by atoms with van der Waals surface area (Å²) in [5.41, 5.74) is 7.66. The highest BCUT2D eigenvalue weighted by molar-refractivity contribution is 6.31. The first-order valence-corrected chi connectivity index (χ1v) is 6.05. The van der Waals surface area contributed by atoms with E-state index in [9.17, 15) is 0 Å². The zero-order chi connectivity index (χ0) is 13.1. The number of nitrogens with one attached hydrogen (secondary N) is 1. The highest BCUT2D eigenvalue weighted by Gasteiger charge is 2.16. The zero-order valence-electron chi connectivity index (χ0n) is 10.9. The summed E-state index contributed by atoms with van der Waals surface area (Å²) in [7, 11) is 1.65. The van der Waals surface area contributed by atoms with Crippen LogP contribution >= 0.6 is 11.6 Å². The topological polar surface area (TPSA) is 47.3 Å². The summed E-state index contributed by atoms with van der Waals surface area (Å²) in [6.45, 7) is 7.59. The van der Waals surface area contributed by atoms with Crippen molar-refractivity contribution in [2.24, 2.45) is 11.1 Å². The van der Waals surface area contributed by atoms with Gasteiger partial charge in [-0.15, -0.1) is 0 Å². The number of anilines is 1. The molecule has 0 aliphatic carbocycles. The Kier molecular flexibility index (Phi) is 4.66. The van der Waals surface area contributed by atoms with Gasteiger partial charge in [0.05, 0.1) is 12.8 Å². The number of aryl methyl sites for hydroxylation is 1. The number of rotatable bonds is 5. The van der Waals surface area contributed by atoms with Crippen LogP contribution in [0, 0.1) is 12.3 Å². The fourth-order valence-electron chi connectivity index (χ4n) is 1.37. The van der Waals surface area contributed by atoms with E-state index in [1.807, 2.05) is 19.1 Å². The molecule has 0 bridgehead atoms. The number of ether oxygens (including phenoxy) is 1. The van der Waals surface area contributed by atoms with E-state index in [4.69, 9.17) is 22.1 Å². The highest BCUT2D eigenvalue weighted by atomic mass is 35.5. The lowest BCUT2D eigenvalue weighted by molar-refractivity contribution is 0.399. The van der Waals surface area contributed by atoms with Gasteiger partial charge >= 0.3 is 0 Å². The molecule has 0 saturated carbocycles. The smallest absolute Gasteiger partial charge is 0.142 e. The molecule has 0 fully saturated rings. The first-order valence-electron chi connectivity index (χ1n) is 5.67. The van der Waals surface area contributed by atoms with Crippen molar-refractivity contribution < 1.29 is 4.74 Å². The van der Waals surface area contributed by atoms with E-state index in [1.165, 1.54) is 0 Å². The first kappa shape index (κ1) is 14.1. The molecule has 0 amide bonds. The SMILES string of the molecule is COc1cc(C)c(Cl)cc1NCC(C)(C)CN. The lowest BCUT2D eigenvalue weighted by atomic mass is 9.94. The van der Waals surface area contributed by atoms with Gasteiger partial charge in [-0.25, -0.2) is 0 Å². The molecule has 3 N–H and O–H groups in total. The molecule has 0 heterocycles. The third-order valence-corrected chi connectivity index (χ3v) is 3.20. The Bertz CT molecular complexity index is 391. The van der Waals surface area contributed by atoms with Crippen LogP contribution in [-0.4, -0.2) is 20.2 Å². The van der Waals surface area contributed by atoms with Gasteiger partial charge in [0.25, 0.3) is 0 Å². The van der Waals surface area contributed by atoms with E-state index < -0.39 is 0 Å². The highest BCUT2D eigenvalue weighted by Crippen LogP contribution is 2.31. The van der Waals surface area contributed by atoms with Gasteiger partial charge in [0.1, 0.15) is 5.75 Å². The van der Waals surface area contributed by atoms with Crippen LogP contribution in [0.15, 0.2) is 12.1 Å². The van der Waals surface area contributed by atoms with Crippen molar-refractivity contribution in [1.82, 2.24) is 0 Å². The largest absolute Gasteiger partial charge is 0.495 e. The van der Waals surface area contributed by atoms with Crippen molar-refractivity contribution in [2.75, 3.05) is 25.5 Å². The van der Waals surface area contributed by atoms with Crippen molar-refractivity contribution in [2.45, 2.75) is 20.8 Å². The summed E-state index contributed by atoms with van der Waals surface area (Å²) >= 11 is 6.11. The van der Waals surface area contributed by atoms with Crippen LogP contribution in [0.25, 0.3) is 0 Å². The number of methoxy groups -OCH3 is 1. The molecular weight excluding hydrogens is 236 g/mol. The second-order valence-corrected chi connectivity index (χ2v) is 5.43. The third kappa shape index (κ3) is 3.79. The predicted molar refractivity (Wildman–Crippen MR) is 74.1 cm³/mol. The molecule has 0 unspecified atom stereocenters. The Hall–Kier alpha value is -0.930. The number of halogens is 1. The summed E-state index contributed by atoms with van der Waals surface area (Å²) in [5, 5.41) is 4.07. The van der Waals surface area contributed by atoms with E-state index in [0.29, 0.717) is 6.54 Å². The summed E-state index contributed by atoms with van der Waals surface area (Å²) in [4.78, 5) is 0. The molecule has 0 spiro atoms. The molecule has 0 aliphatic rings. The van der Waals surface area contributed by atoms with Crippen LogP contribution in [0.5, 0.6) is 5.75 Å². The Morgan fingerprint density at radius 3 is 2.59 bits per heavy atom. The minimum atomic E-state index is 0.0440. The average Bonchev–Trinajstić information content (AvgIpc) is 2.30. The maximum absolute atomic E-state index is 6.11. The number of hydrogen-bond acceptors (Lipinski definition) is 3. The van der Waals surface area contributed by atoms with Crippen LogP contribution < -0.4 is 15.8 Å². The standard InChI is InChI=1S/C13H21ClN2O/c1-9-5-12(17-4)11(6-10(9)14)16-8-13(2,3)7-15/h5-6,16H,7-8,15H2,1-4H3. The minimum absolute atomic E-state index is 0.0440. The first-order chi connectivity index (χ1) is 7.89. The van der Waals surface area contributed by atoms with Crippen LogP contribution in [0.4, 0.5) is 5.69 Å². The van der Waals surface area contributed by atoms with Gasteiger partial charge in [-0.1, -0.05) is 25.4 Å². The van der Waals surface area contributed by atoms with Crippen molar-refractivity contribution in [3.8, 4) is 5.75 Å². The van der Waals surface area contributed by atoms with Crippen LogP contribution in [0.3, 0.4) is 0 Å². The van der Waals surface area contributed by atoms with Crippen LogP contribution in [0.1, 0.15) is 19.4 Å². The van der Waals surface area contributed by atoms with Crippen molar-refractivity contribution in [3.63, 3.8) is 0 Å². The molecule has 3 nitrogen and oxygen atoms in total. The Balaban J connectivity index is 2.87. The summed E-state index contributed by atoms with van der Waals surface area (Å²) in [5.74, 6) is 0.805. The van der Waals surface area contributed by atoms with E-state index in [0.717, 1.165) is 28.6 Å². The quantitative estimate of drug-likeness (QED) is 0.851. The van der Waals surface area contributed by atoms with Crippen LogP contribution in [-0.2, 0) is 0 Å². The summed E-state index contributed by atoms with van der Waals surface area (Å²) in [6.07, 6.45) is 0. The third-order valence-electron chi connectivity index (χ3n) is 2.79. The molecule has 17 heavy (non-hydrogen) atoms. The summed E-state index contributed by atoms with van der Waals surface area (Å²) < 4.78 is 5.33. The molecule has 1 aromatic rings. The van der Waals surface area contributed by atoms with Gasteiger partial charge in [0, 0.05) is 11.6 Å². The van der Waals surface area contributed by atoms with Gasteiger partial charge in [0.2, 0.25) is 0 Å². The number of benzene rings is 1. The van der Waals surface area contributed by atoms with Gasteiger partial charge in [-0.2, -0.15) is 0 Å². The molecule has 1 aromatic carbocycles. The van der Waals surface area contributed by atoms with E-state index >= 15 is 0 Å². The molecule has 1 rings (SSSR count). The van der Waals surface area contributed by atoms with Crippen molar-refractivity contribution >= 4 is 17.3 Å². The van der Waals surface area contributed by atoms with Crippen LogP contribution in [0.2, 0.25) is 5.02 Å². The van der Waals surface area contributed by atoms with E-state index in [-0.39, 0.29) is 5.41 Å². The Morgan fingerprint density at radius 2 is 2.06 bits per heavy atom. The molecular formula is C13H21ClN2O. The number of nitrogens with two attached hydrogens (primary N) is 1. The van der Waals surface area contributed by atoms with Gasteiger partial charge < -0.3 is 15.8 Å². The lowest BCUT2D eigenvalue weighted by Gasteiger charge is -2.24. The predicted octanol–water partition coefficient (Wildman–Crippen LogP) is 3.05. The second-order valence-electron chi connectivity index (χ2n) is 5.02. The monoisotopic (exact) mass is 256 g/mol. The second kappa shape index (κ2) is 5.61. The molecule has 0 atom stereocenters. The molecule has 0 aliphatic heterocycles. The molecule has 0 saturated heterocycles. The van der Waals surface area contributed by atoms with E-state index in [2.05, 4.69) is 19.2 Å². The fourth-order valence-corrected chi connectivity index (χ4v) is 1.53.